The van der Waals surface area contributed by atoms with Crippen LogP contribution in [0.1, 0.15) is 24.1 Å². The SMILES string of the molecule is O=C(COC(=O)Cc1ccc(S(=O)(=O)N2CCCCC2)s1)Nc1nc(-c2ccccc2Cl)cs1. The smallest absolute Gasteiger partial charge is 0.311 e. The van der Waals surface area contributed by atoms with Crippen LogP contribution in [0.5, 0.6) is 0 Å². The average molecular weight is 540 g/mol. The molecule has 0 atom stereocenters. The van der Waals surface area contributed by atoms with Gasteiger partial charge in [0.05, 0.1) is 12.1 Å². The van der Waals surface area contributed by atoms with Crippen LogP contribution in [-0.4, -0.2) is 49.3 Å². The summed E-state index contributed by atoms with van der Waals surface area (Å²) in [7, 11) is -3.54. The molecular weight excluding hydrogens is 518 g/mol. The number of nitrogens with one attached hydrogen (secondary N) is 1. The summed E-state index contributed by atoms with van der Waals surface area (Å²) < 4.78 is 32.2. The van der Waals surface area contributed by atoms with E-state index in [-0.39, 0.29) is 10.6 Å². The first-order valence-electron chi connectivity index (χ1n) is 10.6. The molecule has 1 fully saturated rings. The predicted octanol–water partition coefficient (Wildman–Crippen LogP) is 4.42. The third kappa shape index (κ3) is 6.02. The van der Waals surface area contributed by atoms with E-state index < -0.39 is 28.5 Å². The number of rotatable bonds is 8. The van der Waals surface area contributed by atoms with Crippen LogP contribution in [0.2, 0.25) is 5.02 Å². The zero-order valence-corrected chi connectivity index (χ0v) is 21.2. The van der Waals surface area contributed by atoms with Crippen LogP contribution in [0.25, 0.3) is 11.3 Å². The second-order valence-electron chi connectivity index (χ2n) is 7.59. The number of thiophene rings is 1. The molecule has 0 spiro atoms. The number of aromatic nitrogens is 1. The molecular formula is C22H22ClN3O5S3. The van der Waals surface area contributed by atoms with Gasteiger partial charge in [-0.1, -0.05) is 36.2 Å². The van der Waals surface area contributed by atoms with Crippen molar-refractivity contribution >= 4 is 61.3 Å². The van der Waals surface area contributed by atoms with Crippen LogP contribution in [-0.2, 0) is 30.8 Å². The van der Waals surface area contributed by atoms with Crippen molar-refractivity contribution in [2.75, 3.05) is 25.0 Å². The highest BCUT2D eigenvalue weighted by atomic mass is 35.5. The molecule has 1 saturated heterocycles. The van der Waals surface area contributed by atoms with Crippen LogP contribution in [0.15, 0.2) is 46.0 Å². The highest BCUT2D eigenvalue weighted by Crippen LogP contribution is 2.30. The maximum absolute atomic E-state index is 12.7. The molecule has 0 radical (unpaired) electrons. The fraction of sp³-hybridized carbons (Fsp3) is 0.318. The lowest BCUT2D eigenvalue weighted by Gasteiger charge is -2.25. The molecule has 2 aromatic heterocycles. The van der Waals surface area contributed by atoms with Crippen molar-refractivity contribution in [1.29, 1.82) is 0 Å². The number of amides is 1. The summed E-state index contributed by atoms with van der Waals surface area (Å²) in [6.45, 7) is 0.571. The van der Waals surface area contributed by atoms with Gasteiger partial charge >= 0.3 is 5.97 Å². The molecule has 34 heavy (non-hydrogen) atoms. The van der Waals surface area contributed by atoms with Crippen molar-refractivity contribution in [1.82, 2.24) is 9.29 Å². The Bertz CT molecular complexity index is 1280. The molecule has 0 bridgehead atoms. The van der Waals surface area contributed by atoms with Gasteiger partial charge in [-0.2, -0.15) is 4.31 Å². The topological polar surface area (TPSA) is 106 Å². The van der Waals surface area contributed by atoms with E-state index in [0.29, 0.717) is 33.8 Å². The number of hydrogen-bond donors (Lipinski definition) is 1. The molecule has 12 heteroatoms. The number of esters is 1. The standard InChI is InChI=1S/C22H22ClN3O5S3/c23-17-7-3-2-6-16(17)18-14-32-22(24-18)25-19(27)13-31-20(28)12-15-8-9-21(33-15)34(29,30)26-10-4-1-5-11-26/h2-3,6-9,14H,1,4-5,10-13H2,(H,24,25,27). The maximum atomic E-state index is 12.7. The number of ether oxygens (including phenoxy) is 1. The number of carbonyl (C=O) groups excluding carboxylic acids is 2. The molecule has 8 nitrogen and oxygen atoms in total. The van der Waals surface area contributed by atoms with Gasteiger partial charge in [0.2, 0.25) is 0 Å². The third-order valence-corrected chi connectivity index (χ3v) is 9.67. The number of carbonyl (C=O) groups is 2. The quantitative estimate of drug-likeness (QED) is 0.425. The summed E-state index contributed by atoms with van der Waals surface area (Å²) in [4.78, 5) is 29.2. The zero-order chi connectivity index (χ0) is 24.1. The highest BCUT2D eigenvalue weighted by molar-refractivity contribution is 7.91. The molecule has 0 saturated carbocycles. The van der Waals surface area contributed by atoms with Gasteiger partial charge in [-0.05, 0) is 31.0 Å². The Labute approximate surface area is 210 Å². The van der Waals surface area contributed by atoms with Gasteiger partial charge in [0, 0.05) is 33.9 Å². The van der Waals surface area contributed by atoms with Crippen LogP contribution in [0.3, 0.4) is 0 Å². The van der Waals surface area contributed by atoms with E-state index >= 15 is 0 Å². The Kier molecular flexibility index (Phi) is 7.99. The van der Waals surface area contributed by atoms with Gasteiger partial charge in [-0.25, -0.2) is 13.4 Å². The Balaban J connectivity index is 1.27. The lowest BCUT2D eigenvalue weighted by Crippen LogP contribution is -2.35. The molecule has 0 aliphatic carbocycles. The Morgan fingerprint density at radius 3 is 2.65 bits per heavy atom. The summed E-state index contributed by atoms with van der Waals surface area (Å²) in [5, 5.41) is 5.29. The van der Waals surface area contributed by atoms with E-state index in [0.717, 1.165) is 36.2 Å². The number of halogens is 1. The summed E-state index contributed by atoms with van der Waals surface area (Å²) in [5.41, 5.74) is 1.39. The van der Waals surface area contributed by atoms with Crippen molar-refractivity contribution < 1.29 is 22.7 Å². The van der Waals surface area contributed by atoms with E-state index in [1.165, 1.54) is 21.7 Å². The number of piperidine rings is 1. The van der Waals surface area contributed by atoms with Crippen molar-refractivity contribution in [2.24, 2.45) is 0 Å². The monoisotopic (exact) mass is 539 g/mol. The fourth-order valence-corrected chi connectivity index (χ4v) is 7.41. The molecule has 1 amide bonds. The van der Waals surface area contributed by atoms with Gasteiger partial charge in [-0.3, -0.25) is 14.9 Å². The van der Waals surface area contributed by atoms with Gasteiger partial charge in [-0.15, -0.1) is 22.7 Å². The fourth-order valence-electron chi connectivity index (χ4n) is 3.44. The number of sulfonamides is 1. The van der Waals surface area contributed by atoms with Gasteiger partial charge in [0.1, 0.15) is 4.21 Å². The number of hydrogen-bond acceptors (Lipinski definition) is 8. The number of anilines is 1. The maximum Gasteiger partial charge on any atom is 0.311 e. The van der Waals surface area contributed by atoms with Crippen molar-refractivity contribution in [3.05, 3.63) is 51.7 Å². The minimum atomic E-state index is -3.54. The van der Waals surface area contributed by atoms with Crippen LogP contribution < -0.4 is 5.32 Å². The molecule has 1 aliphatic rings. The number of nitrogens with zero attached hydrogens (tertiary/aromatic N) is 2. The van der Waals surface area contributed by atoms with Crippen molar-refractivity contribution in [3.63, 3.8) is 0 Å². The van der Waals surface area contributed by atoms with E-state index in [4.69, 9.17) is 16.3 Å². The van der Waals surface area contributed by atoms with Gasteiger partial charge in [0.15, 0.2) is 11.7 Å². The molecule has 180 valence electrons. The molecule has 1 N–H and O–H groups in total. The summed E-state index contributed by atoms with van der Waals surface area (Å²) in [6.07, 6.45) is 2.63. The van der Waals surface area contributed by atoms with E-state index in [2.05, 4.69) is 10.3 Å². The first kappa shape index (κ1) is 24.8. The highest BCUT2D eigenvalue weighted by Gasteiger charge is 2.27. The predicted molar refractivity (Wildman–Crippen MR) is 133 cm³/mol. The van der Waals surface area contributed by atoms with Crippen LogP contribution in [0.4, 0.5) is 5.13 Å². The van der Waals surface area contributed by atoms with Crippen LogP contribution >= 0.6 is 34.3 Å². The first-order chi connectivity index (χ1) is 16.3. The van der Waals surface area contributed by atoms with Crippen LogP contribution in [0, 0.1) is 0 Å². The Morgan fingerprint density at radius 2 is 1.88 bits per heavy atom. The first-order valence-corrected chi connectivity index (χ1v) is 14.1. The lowest BCUT2D eigenvalue weighted by atomic mass is 10.2. The molecule has 3 aromatic rings. The molecule has 0 unspecified atom stereocenters. The molecule has 4 rings (SSSR count). The van der Waals surface area contributed by atoms with Gasteiger partial charge < -0.3 is 4.74 Å². The third-order valence-electron chi connectivity index (χ3n) is 5.13. The van der Waals surface area contributed by atoms with Gasteiger partial charge in [0.25, 0.3) is 15.9 Å². The van der Waals surface area contributed by atoms with E-state index in [9.17, 15) is 18.0 Å². The minimum Gasteiger partial charge on any atom is -0.455 e. The average Bonchev–Trinajstić information content (AvgIpc) is 3.49. The Morgan fingerprint density at radius 1 is 1.12 bits per heavy atom. The van der Waals surface area contributed by atoms with E-state index in [1.807, 2.05) is 18.2 Å². The second-order valence-corrected chi connectivity index (χ2v) is 12.2. The summed E-state index contributed by atoms with van der Waals surface area (Å²) >= 11 is 8.46. The number of thiazole rings is 1. The summed E-state index contributed by atoms with van der Waals surface area (Å²) in [5.74, 6) is -1.14. The van der Waals surface area contributed by atoms with E-state index in [1.54, 1.807) is 17.5 Å². The number of benzene rings is 1. The lowest BCUT2D eigenvalue weighted by molar-refractivity contribution is -0.146. The normalized spacial score (nSPS) is 14.6. The zero-order valence-electron chi connectivity index (χ0n) is 18.0. The molecule has 3 heterocycles. The largest absolute Gasteiger partial charge is 0.455 e. The second kappa shape index (κ2) is 11.0. The Hall–Kier alpha value is -2.31. The summed E-state index contributed by atoms with van der Waals surface area (Å²) in [6, 6.07) is 10.4. The van der Waals surface area contributed by atoms with Crippen molar-refractivity contribution in [2.45, 2.75) is 29.9 Å². The minimum absolute atomic E-state index is 0.110. The molecule has 1 aromatic carbocycles. The van der Waals surface area contributed by atoms with Crippen molar-refractivity contribution in [3.8, 4) is 11.3 Å². The molecule has 1 aliphatic heterocycles.